The van der Waals surface area contributed by atoms with E-state index in [2.05, 4.69) is 49.4 Å². The molecule has 1 aliphatic heterocycles. The molecule has 178 valence electrons. The molecule has 0 radical (unpaired) electrons. The number of nitrogens with zero attached hydrogens (tertiary/aromatic N) is 6. The number of nitrogens with one attached hydrogen (secondary N) is 1. The molecule has 1 amide bonds. The van der Waals surface area contributed by atoms with Crippen LogP contribution in [0.5, 0.6) is 0 Å². The van der Waals surface area contributed by atoms with Crippen molar-refractivity contribution >= 4 is 23.2 Å². The van der Waals surface area contributed by atoms with Crippen LogP contribution in [-0.2, 0) is 4.79 Å². The first-order valence-corrected chi connectivity index (χ1v) is 11.9. The normalized spacial score (nSPS) is 16.4. The third-order valence-corrected chi connectivity index (χ3v) is 6.39. The molecule has 3 aromatic rings. The Labute approximate surface area is 204 Å². The van der Waals surface area contributed by atoms with Gasteiger partial charge in [0.15, 0.2) is 0 Å². The summed E-state index contributed by atoms with van der Waals surface area (Å²) in [6, 6.07) is 11.9. The lowest BCUT2D eigenvalue weighted by Crippen LogP contribution is -2.36. The van der Waals surface area contributed by atoms with Gasteiger partial charge in [-0.25, -0.2) is 9.97 Å². The zero-order chi connectivity index (χ0) is 24.2. The Morgan fingerprint density at radius 1 is 1.11 bits per heavy atom. The van der Waals surface area contributed by atoms with E-state index in [0.29, 0.717) is 29.7 Å². The second-order valence-electron chi connectivity index (χ2n) is 9.13. The molecule has 2 fully saturated rings. The summed E-state index contributed by atoms with van der Waals surface area (Å²) in [4.78, 5) is 29.4. The van der Waals surface area contributed by atoms with Gasteiger partial charge in [0.1, 0.15) is 11.6 Å². The van der Waals surface area contributed by atoms with Crippen molar-refractivity contribution in [2.75, 3.05) is 42.9 Å². The lowest BCUT2D eigenvalue weighted by atomic mass is 10.1. The van der Waals surface area contributed by atoms with Crippen molar-refractivity contribution in [2.45, 2.75) is 25.2 Å². The highest BCUT2D eigenvalue weighted by Crippen LogP contribution is 2.42. The average Bonchev–Trinajstić information content (AvgIpc) is 3.72. The van der Waals surface area contributed by atoms with E-state index in [9.17, 15) is 10.1 Å². The van der Waals surface area contributed by atoms with E-state index in [-0.39, 0.29) is 5.91 Å². The van der Waals surface area contributed by atoms with E-state index < -0.39 is 0 Å². The molecule has 1 aliphatic carbocycles. The number of rotatable bonds is 7. The van der Waals surface area contributed by atoms with Gasteiger partial charge < -0.3 is 16.0 Å². The highest BCUT2D eigenvalue weighted by molar-refractivity contribution is 5.76. The number of carbonyl (C=O) groups excluding carboxylic acids is 1. The Bertz CT molecular complexity index is 1270. The molecular formula is C26H28N8O. The first kappa shape index (κ1) is 22.7. The number of hydrogen-bond donors (Lipinski definition) is 2. The van der Waals surface area contributed by atoms with Crippen molar-refractivity contribution in [3.8, 4) is 17.3 Å². The first-order chi connectivity index (χ1) is 17.1. The van der Waals surface area contributed by atoms with Crippen molar-refractivity contribution < 1.29 is 4.79 Å². The van der Waals surface area contributed by atoms with Gasteiger partial charge in [0, 0.05) is 44.1 Å². The molecule has 4 heterocycles. The molecule has 0 unspecified atom stereocenters. The number of amides is 1. The van der Waals surface area contributed by atoms with E-state index in [4.69, 9.17) is 10.7 Å². The number of anilines is 3. The second-order valence-corrected chi connectivity index (χ2v) is 9.13. The van der Waals surface area contributed by atoms with E-state index in [1.165, 1.54) is 18.4 Å². The number of nitriles is 1. The summed E-state index contributed by atoms with van der Waals surface area (Å²) < 4.78 is 0. The topological polar surface area (TPSA) is 124 Å². The summed E-state index contributed by atoms with van der Waals surface area (Å²) in [5, 5.41) is 12.5. The van der Waals surface area contributed by atoms with Gasteiger partial charge in [-0.2, -0.15) is 5.26 Å². The summed E-state index contributed by atoms with van der Waals surface area (Å²) in [7, 11) is 0. The van der Waals surface area contributed by atoms with Crippen LogP contribution >= 0.6 is 0 Å². The zero-order valence-electron chi connectivity index (χ0n) is 19.5. The molecule has 0 atom stereocenters. The van der Waals surface area contributed by atoms with E-state index >= 15 is 0 Å². The predicted molar refractivity (Wildman–Crippen MR) is 134 cm³/mol. The maximum atomic E-state index is 11.3. The van der Waals surface area contributed by atoms with Crippen LogP contribution in [0.4, 0.5) is 17.3 Å². The number of primary amides is 1. The molecule has 35 heavy (non-hydrogen) atoms. The molecule has 1 saturated carbocycles. The summed E-state index contributed by atoms with van der Waals surface area (Å²) in [6.45, 7) is 3.64. The Kier molecular flexibility index (Phi) is 6.55. The fraction of sp³-hybridized carbons (Fsp3) is 0.346. The Morgan fingerprint density at radius 2 is 2.00 bits per heavy atom. The third kappa shape index (κ3) is 5.73. The van der Waals surface area contributed by atoms with Crippen LogP contribution in [0.25, 0.3) is 11.3 Å². The van der Waals surface area contributed by atoms with Crippen LogP contribution in [0.1, 0.15) is 36.3 Å². The Morgan fingerprint density at radius 3 is 2.80 bits per heavy atom. The summed E-state index contributed by atoms with van der Waals surface area (Å²) in [5.74, 6) is 1.55. The summed E-state index contributed by atoms with van der Waals surface area (Å²) in [5.41, 5.74) is 10.0. The molecule has 1 saturated heterocycles. The van der Waals surface area contributed by atoms with Gasteiger partial charge in [0.05, 0.1) is 35.8 Å². The third-order valence-electron chi connectivity index (χ3n) is 6.39. The highest BCUT2D eigenvalue weighted by atomic mass is 16.1. The van der Waals surface area contributed by atoms with Crippen LogP contribution in [-0.4, -0.2) is 58.5 Å². The largest absolute Gasteiger partial charge is 0.369 e. The summed E-state index contributed by atoms with van der Waals surface area (Å²) in [6.07, 6.45) is 8.66. The van der Waals surface area contributed by atoms with Crippen molar-refractivity contribution in [3.05, 3.63) is 60.0 Å². The molecule has 5 rings (SSSR count). The van der Waals surface area contributed by atoms with Gasteiger partial charge in [-0.05, 0) is 61.1 Å². The number of hydrogen-bond acceptors (Lipinski definition) is 8. The molecule has 9 nitrogen and oxygen atoms in total. The first-order valence-electron chi connectivity index (χ1n) is 11.9. The molecular weight excluding hydrogens is 440 g/mol. The predicted octanol–water partition coefficient (Wildman–Crippen LogP) is 3.03. The van der Waals surface area contributed by atoms with Crippen LogP contribution in [0.2, 0.25) is 0 Å². The van der Waals surface area contributed by atoms with E-state index in [1.807, 2.05) is 12.4 Å². The van der Waals surface area contributed by atoms with E-state index in [1.54, 1.807) is 18.3 Å². The van der Waals surface area contributed by atoms with Gasteiger partial charge in [-0.15, -0.1) is 0 Å². The molecule has 3 aromatic heterocycles. The molecule has 0 aromatic carbocycles. The number of pyridine rings is 3. The van der Waals surface area contributed by atoms with Gasteiger partial charge in [0.2, 0.25) is 5.91 Å². The van der Waals surface area contributed by atoms with Crippen LogP contribution in [0, 0.1) is 11.3 Å². The maximum absolute atomic E-state index is 11.3. The highest BCUT2D eigenvalue weighted by Gasteiger charge is 2.25. The van der Waals surface area contributed by atoms with Crippen molar-refractivity contribution in [3.63, 3.8) is 0 Å². The Balaban J connectivity index is 1.40. The minimum atomic E-state index is -0.289. The fourth-order valence-corrected chi connectivity index (χ4v) is 4.46. The number of aromatic nitrogens is 3. The molecule has 0 spiro atoms. The average molecular weight is 469 g/mol. The van der Waals surface area contributed by atoms with Crippen LogP contribution in [0.3, 0.4) is 0 Å². The van der Waals surface area contributed by atoms with E-state index in [0.717, 1.165) is 49.5 Å². The van der Waals surface area contributed by atoms with Crippen molar-refractivity contribution in [1.82, 2.24) is 19.9 Å². The number of carbonyl (C=O) groups is 1. The molecule has 2 aliphatic rings. The molecule has 0 bridgehead atoms. The van der Waals surface area contributed by atoms with Gasteiger partial charge in [-0.1, -0.05) is 0 Å². The SMILES string of the molecule is N#Cc1ccnc(Nc2cc(C3CC3)cc(-c3cncc(N4CCCN(CC(N)=O)CC4)c3)n2)c1. The van der Waals surface area contributed by atoms with Crippen molar-refractivity contribution in [2.24, 2.45) is 5.73 Å². The number of nitrogens with two attached hydrogens (primary N) is 1. The standard InChI is InChI=1S/C26H28N8O/c27-14-18-4-5-30-25(10-18)32-26-13-20(19-2-3-19)12-23(31-26)21-11-22(16-29-15-21)34-7-1-6-33(8-9-34)17-24(28)35/h4-5,10-13,15-16,19H,1-3,6-9,17H2,(H2,28,35)(H,30,31,32). The monoisotopic (exact) mass is 468 g/mol. The van der Waals surface area contributed by atoms with Crippen LogP contribution in [0.15, 0.2) is 48.9 Å². The minimum absolute atomic E-state index is 0.289. The lowest BCUT2D eigenvalue weighted by Gasteiger charge is -2.23. The van der Waals surface area contributed by atoms with Crippen LogP contribution < -0.4 is 16.0 Å². The molecule has 9 heteroatoms. The lowest BCUT2D eigenvalue weighted by molar-refractivity contribution is -0.119. The maximum Gasteiger partial charge on any atom is 0.231 e. The van der Waals surface area contributed by atoms with Gasteiger partial charge in [-0.3, -0.25) is 14.7 Å². The smallest absolute Gasteiger partial charge is 0.231 e. The molecule has 3 N–H and O–H groups in total. The zero-order valence-corrected chi connectivity index (χ0v) is 19.5. The van der Waals surface area contributed by atoms with Gasteiger partial charge in [0.25, 0.3) is 0 Å². The van der Waals surface area contributed by atoms with Gasteiger partial charge >= 0.3 is 0 Å². The quantitative estimate of drug-likeness (QED) is 0.542. The minimum Gasteiger partial charge on any atom is -0.369 e. The summed E-state index contributed by atoms with van der Waals surface area (Å²) >= 11 is 0. The fourth-order valence-electron chi connectivity index (χ4n) is 4.46. The van der Waals surface area contributed by atoms with Crippen molar-refractivity contribution in [1.29, 1.82) is 5.26 Å². The second kappa shape index (κ2) is 10.1. The Hall–Kier alpha value is -4.03.